The minimum Gasteiger partial charge on any atom is -0.339 e. The lowest BCUT2D eigenvalue weighted by Crippen LogP contribution is -2.22. The summed E-state index contributed by atoms with van der Waals surface area (Å²) in [6, 6.07) is 2.05. The zero-order chi connectivity index (χ0) is 11.1. The molecule has 1 aromatic heterocycles. The first kappa shape index (κ1) is 11.9. The average Bonchev–Trinajstić information content (AvgIpc) is 2.69. The van der Waals surface area contributed by atoms with Crippen molar-refractivity contribution in [3.05, 3.63) is 5.89 Å². The number of aromatic nitrogens is 2. The molecule has 0 radical (unpaired) electrons. The molecule has 0 aromatic carbocycles. The molecule has 1 rings (SSSR count). The minimum absolute atomic E-state index is 0.447. The van der Waals surface area contributed by atoms with Crippen molar-refractivity contribution < 1.29 is 4.52 Å². The highest BCUT2D eigenvalue weighted by atomic mass is 32.2. The third-order valence-electron chi connectivity index (χ3n) is 1.90. The Bertz CT molecular complexity index is 329. The minimum atomic E-state index is 0.447. The first-order chi connectivity index (χ1) is 7.31. The molecule has 0 saturated carbocycles. The maximum atomic E-state index is 8.37. The molecule has 1 heterocycles. The highest BCUT2D eigenvalue weighted by molar-refractivity contribution is 7.98. The Morgan fingerprint density at radius 3 is 2.80 bits per heavy atom. The summed E-state index contributed by atoms with van der Waals surface area (Å²) in [6.07, 6.45) is 0. The van der Waals surface area contributed by atoms with Crippen LogP contribution in [-0.2, 0) is 5.75 Å². The molecule has 0 aliphatic heterocycles. The molecule has 1 aromatic rings. The Morgan fingerprint density at radius 2 is 2.20 bits per heavy atom. The summed E-state index contributed by atoms with van der Waals surface area (Å²) in [7, 11) is 0. The lowest BCUT2D eigenvalue weighted by molar-refractivity contribution is 0.390. The van der Waals surface area contributed by atoms with E-state index in [1.165, 1.54) is 11.8 Å². The van der Waals surface area contributed by atoms with E-state index in [9.17, 15) is 0 Å². The second-order valence-corrected chi connectivity index (χ2v) is 3.80. The monoisotopic (exact) mass is 226 g/mol. The van der Waals surface area contributed by atoms with Crippen LogP contribution in [0.1, 0.15) is 19.7 Å². The van der Waals surface area contributed by atoms with Crippen LogP contribution in [0.25, 0.3) is 0 Å². The molecule has 0 unspecified atom stereocenters. The first-order valence-electron chi connectivity index (χ1n) is 4.84. The van der Waals surface area contributed by atoms with Crippen molar-refractivity contribution in [1.82, 2.24) is 10.1 Å². The molecule has 6 heteroatoms. The van der Waals surface area contributed by atoms with Gasteiger partial charge in [-0.3, -0.25) is 0 Å². The number of nitriles is 1. The molecule has 0 saturated heterocycles. The molecule has 0 spiro atoms. The van der Waals surface area contributed by atoms with Gasteiger partial charge in [-0.1, -0.05) is 0 Å². The van der Waals surface area contributed by atoms with Gasteiger partial charge in [0.1, 0.15) is 0 Å². The number of anilines is 1. The molecule has 0 bridgehead atoms. The molecule has 15 heavy (non-hydrogen) atoms. The van der Waals surface area contributed by atoms with E-state index in [-0.39, 0.29) is 0 Å². The largest absolute Gasteiger partial charge is 0.339 e. The fraction of sp³-hybridized carbons (Fsp3) is 0.667. The van der Waals surface area contributed by atoms with Crippen molar-refractivity contribution in [1.29, 1.82) is 5.26 Å². The van der Waals surface area contributed by atoms with Gasteiger partial charge in [0.2, 0.25) is 5.89 Å². The van der Waals surface area contributed by atoms with Gasteiger partial charge >= 0.3 is 0 Å². The van der Waals surface area contributed by atoms with Crippen LogP contribution in [0.4, 0.5) is 5.95 Å². The normalized spacial score (nSPS) is 9.93. The van der Waals surface area contributed by atoms with E-state index in [4.69, 9.17) is 9.78 Å². The van der Waals surface area contributed by atoms with E-state index in [0.717, 1.165) is 13.1 Å². The Kier molecular flexibility index (Phi) is 4.98. The summed E-state index contributed by atoms with van der Waals surface area (Å²) < 4.78 is 5.06. The quantitative estimate of drug-likeness (QED) is 0.687. The van der Waals surface area contributed by atoms with Crippen molar-refractivity contribution in [3.63, 3.8) is 0 Å². The van der Waals surface area contributed by atoms with Crippen LogP contribution in [-0.4, -0.2) is 29.0 Å². The third kappa shape index (κ3) is 3.44. The standard InChI is InChI=1S/C9H14N4OS/c1-3-13(4-2)9-11-8(14-12-9)7-15-6-5-10/h3-4,6-7H2,1-2H3. The molecule has 0 aliphatic rings. The van der Waals surface area contributed by atoms with Crippen LogP contribution < -0.4 is 4.90 Å². The molecule has 0 atom stereocenters. The smallest absolute Gasteiger partial charge is 0.266 e. The second kappa shape index (κ2) is 6.30. The maximum absolute atomic E-state index is 8.37. The molecule has 0 N–H and O–H groups in total. The van der Waals surface area contributed by atoms with Crippen LogP contribution in [0.5, 0.6) is 0 Å². The first-order valence-corrected chi connectivity index (χ1v) is 5.99. The highest BCUT2D eigenvalue weighted by Gasteiger charge is 2.10. The predicted octanol–water partition coefficient (Wildman–Crippen LogP) is 1.67. The Balaban J connectivity index is 2.52. The zero-order valence-corrected chi connectivity index (χ0v) is 9.75. The zero-order valence-electron chi connectivity index (χ0n) is 8.93. The molecular formula is C9H14N4OS. The Hall–Kier alpha value is -1.22. The van der Waals surface area contributed by atoms with E-state index >= 15 is 0 Å². The van der Waals surface area contributed by atoms with Gasteiger partial charge in [0.15, 0.2) is 0 Å². The van der Waals surface area contributed by atoms with Gasteiger partial charge in [-0.25, -0.2) is 0 Å². The molecule has 0 aliphatic carbocycles. The Labute approximate surface area is 93.4 Å². The van der Waals surface area contributed by atoms with Gasteiger partial charge in [-0.15, -0.1) is 11.8 Å². The molecule has 82 valence electrons. The van der Waals surface area contributed by atoms with Crippen LogP contribution >= 0.6 is 11.8 Å². The van der Waals surface area contributed by atoms with Crippen molar-refractivity contribution >= 4 is 17.7 Å². The van der Waals surface area contributed by atoms with Crippen LogP contribution in [0.15, 0.2) is 4.52 Å². The van der Waals surface area contributed by atoms with E-state index in [2.05, 4.69) is 16.2 Å². The number of hydrogen-bond acceptors (Lipinski definition) is 6. The van der Waals surface area contributed by atoms with Crippen LogP contribution in [0, 0.1) is 11.3 Å². The van der Waals surface area contributed by atoms with Crippen molar-refractivity contribution in [2.45, 2.75) is 19.6 Å². The Morgan fingerprint density at radius 1 is 1.47 bits per heavy atom. The van der Waals surface area contributed by atoms with Gasteiger partial charge in [0, 0.05) is 13.1 Å². The van der Waals surface area contributed by atoms with E-state index in [0.29, 0.717) is 23.3 Å². The highest BCUT2D eigenvalue weighted by Crippen LogP contribution is 2.13. The summed E-state index contributed by atoms with van der Waals surface area (Å²) in [6.45, 7) is 5.82. The van der Waals surface area contributed by atoms with Gasteiger partial charge in [0.25, 0.3) is 5.95 Å². The molecule has 0 fully saturated rings. The van der Waals surface area contributed by atoms with Gasteiger partial charge < -0.3 is 9.42 Å². The van der Waals surface area contributed by atoms with E-state index < -0.39 is 0 Å². The molecule has 5 nitrogen and oxygen atoms in total. The fourth-order valence-corrected chi connectivity index (χ4v) is 1.61. The summed E-state index contributed by atoms with van der Waals surface area (Å²) in [5.74, 6) is 2.26. The summed E-state index contributed by atoms with van der Waals surface area (Å²) in [5.41, 5.74) is 0. The third-order valence-corrected chi connectivity index (χ3v) is 2.68. The van der Waals surface area contributed by atoms with Gasteiger partial charge in [-0.2, -0.15) is 10.2 Å². The molecule has 0 amide bonds. The molecular weight excluding hydrogens is 212 g/mol. The van der Waals surface area contributed by atoms with Crippen LogP contribution in [0.2, 0.25) is 0 Å². The SMILES string of the molecule is CCN(CC)c1noc(CSCC#N)n1. The maximum Gasteiger partial charge on any atom is 0.266 e. The lowest BCUT2D eigenvalue weighted by Gasteiger charge is -2.14. The number of rotatable bonds is 6. The summed E-state index contributed by atoms with van der Waals surface area (Å²) >= 11 is 1.47. The topological polar surface area (TPSA) is 66.0 Å². The van der Waals surface area contributed by atoms with Crippen molar-refractivity contribution in [2.24, 2.45) is 0 Å². The van der Waals surface area contributed by atoms with Crippen molar-refractivity contribution in [2.75, 3.05) is 23.7 Å². The predicted molar refractivity (Wildman–Crippen MR) is 59.6 cm³/mol. The van der Waals surface area contributed by atoms with Gasteiger partial charge in [0.05, 0.1) is 17.6 Å². The number of hydrogen-bond donors (Lipinski definition) is 0. The number of thioether (sulfide) groups is 1. The second-order valence-electron chi connectivity index (χ2n) is 2.81. The fourth-order valence-electron chi connectivity index (χ4n) is 1.12. The van der Waals surface area contributed by atoms with E-state index in [1.54, 1.807) is 0 Å². The summed E-state index contributed by atoms with van der Waals surface area (Å²) in [5, 5.41) is 12.2. The van der Waals surface area contributed by atoms with Gasteiger partial charge in [-0.05, 0) is 19.0 Å². The summed E-state index contributed by atoms with van der Waals surface area (Å²) in [4.78, 5) is 6.26. The van der Waals surface area contributed by atoms with Crippen LogP contribution in [0.3, 0.4) is 0 Å². The number of nitrogens with zero attached hydrogens (tertiary/aromatic N) is 4. The van der Waals surface area contributed by atoms with Crippen molar-refractivity contribution in [3.8, 4) is 6.07 Å². The van der Waals surface area contributed by atoms with E-state index in [1.807, 2.05) is 18.7 Å². The lowest BCUT2D eigenvalue weighted by atomic mass is 10.5. The average molecular weight is 226 g/mol.